The summed E-state index contributed by atoms with van der Waals surface area (Å²) in [6.45, 7) is 2.04. The lowest BCUT2D eigenvalue weighted by Gasteiger charge is -2.10. The van der Waals surface area contributed by atoms with Gasteiger partial charge in [0.25, 0.3) is 0 Å². The van der Waals surface area contributed by atoms with E-state index in [9.17, 15) is 5.11 Å². The van der Waals surface area contributed by atoms with Crippen LogP contribution in [0.1, 0.15) is 22.8 Å². The fraction of sp³-hybridized carbons (Fsp3) is 0.188. The van der Waals surface area contributed by atoms with Crippen LogP contribution in [0.3, 0.4) is 0 Å². The molecule has 0 saturated carbocycles. The molecule has 2 aromatic carbocycles. The highest BCUT2D eigenvalue weighted by molar-refractivity contribution is 9.13. The standard InChI is InChI=1S/C16H13Br2NO/c1-9-7-12-11(15(18)14(9)17)8-13(19-12)16(20)10-5-3-2-4-6-10/h2-7,16,20H,8H2,1H3. The molecule has 1 heterocycles. The number of aryl methyl sites for hydroxylation is 1. The largest absolute Gasteiger partial charge is 0.382 e. The van der Waals surface area contributed by atoms with Crippen molar-refractivity contribution in [3.63, 3.8) is 0 Å². The van der Waals surface area contributed by atoms with Crippen LogP contribution in [0, 0.1) is 6.92 Å². The zero-order valence-electron chi connectivity index (χ0n) is 10.9. The van der Waals surface area contributed by atoms with Crippen molar-refractivity contribution in [3.05, 3.63) is 62.0 Å². The van der Waals surface area contributed by atoms with Gasteiger partial charge in [0.05, 0.1) is 11.4 Å². The highest BCUT2D eigenvalue weighted by Crippen LogP contribution is 2.41. The van der Waals surface area contributed by atoms with Crippen molar-refractivity contribution in [1.82, 2.24) is 0 Å². The van der Waals surface area contributed by atoms with Crippen LogP contribution in [0.15, 0.2) is 50.3 Å². The van der Waals surface area contributed by atoms with Crippen LogP contribution in [0.4, 0.5) is 5.69 Å². The van der Waals surface area contributed by atoms with Gasteiger partial charge in [0, 0.05) is 15.4 Å². The van der Waals surface area contributed by atoms with E-state index in [0.717, 1.165) is 37.0 Å². The van der Waals surface area contributed by atoms with Crippen LogP contribution in [0.2, 0.25) is 0 Å². The van der Waals surface area contributed by atoms with E-state index in [4.69, 9.17) is 0 Å². The van der Waals surface area contributed by atoms with E-state index in [1.165, 1.54) is 0 Å². The number of hydrogen-bond donors (Lipinski definition) is 1. The number of aliphatic hydroxyl groups excluding tert-OH is 1. The summed E-state index contributed by atoms with van der Waals surface area (Å²) in [5.41, 5.74) is 4.89. The number of halogens is 2. The summed E-state index contributed by atoms with van der Waals surface area (Å²) in [6, 6.07) is 11.7. The third kappa shape index (κ3) is 2.36. The van der Waals surface area contributed by atoms with Gasteiger partial charge in [-0.15, -0.1) is 0 Å². The zero-order chi connectivity index (χ0) is 14.3. The minimum absolute atomic E-state index is 0.644. The number of benzene rings is 2. The molecule has 0 radical (unpaired) electrons. The molecule has 1 N–H and O–H groups in total. The quantitative estimate of drug-likeness (QED) is 0.773. The summed E-state index contributed by atoms with van der Waals surface area (Å²) >= 11 is 7.19. The van der Waals surface area contributed by atoms with E-state index in [0.29, 0.717) is 6.42 Å². The van der Waals surface area contributed by atoms with E-state index in [1.54, 1.807) is 0 Å². The van der Waals surface area contributed by atoms with E-state index in [-0.39, 0.29) is 0 Å². The first kappa shape index (κ1) is 14.0. The number of rotatable bonds is 2. The molecule has 102 valence electrons. The average molecular weight is 395 g/mol. The molecule has 0 bridgehead atoms. The van der Waals surface area contributed by atoms with Gasteiger partial charge in [-0.3, -0.25) is 4.99 Å². The molecule has 1 atom stereocenters. The van der Waals surface area contributed by atoms with Gasteiger partial charge >= 0.3 is 0 Å². The first-order valence-electron chi connectivity index (χ1n) is 6.36. The molecule has 0 aromatic heterocycles. The molecule has 20 heavy (non-hydrogen) atoms. The van der Waals surface area contributed by atoms with Gasteiger partial charge in [-0.2, -0.15) is 0 Å². The second kappa shape index (κ2) is 5.43. The summed E-state index contributed by atoms with van der Waals surface area (Å²) in [6.07, 6.45) is 0.0276. The summed E-state index contributed by atoms with van der Waals surface area (Å²) in [5.74, 6) is 0. The average Bonchev–Trinajstić information content (AvgIpc) is 2.89. The molecule has 1 aliphatic heterocycles. The van der Waals surface area contributed by atoms with E-state index in [2.05, 4.69) is 42.9 Å². The first-order chi connectivity index (χ1) is 9.58. The van der Waals surface area contributed by atoms with Gasteiger partial charge in [0.2, 0.25) is 0 Å². The van der Waals surface area contributed by atoms with Crippen molar-refractivity contribution < 1.29 is 5.11 Å². The van der Waals surface area contributed by atoms with Crippen molar-refractivity contribution in [2.24, 2.45) is 4.99 Å². The Morgan fingerprint density at radius 3 is 2.55 bits per heavy atom. The molecule has 3 rings (SSSR count). The van der Waals surface area contributed by atoms with Crippen LogP contribution in [0.25, 0.3) is 0 Å². The molecule has 0 amide bonds. The highest BCUT2D eigenvalue weighted by Gasteiger charge is 2.25. The second-order valence-corrected chi connectivity index (χ2v) is 6.50. The van der Waals surface area contributed by atoms with E-state index >= 15 is 0 Å². The lowest BCUT2D eigenvalue weighted by atomic mass is 10.0. The molecule has 0 spiro atoms. The van der Waals surface area contributed by atoms with Gasteiger partial charge < -0.3 is 5.11 Å². The monoisotopic (exact) mass is 393 g/mol. The van der Waals surface area contributed by atoms with Gasteiger partial charge in [0.15, 0.2) is 0 Å². The van der Waals surface area contributed by atoms with Crippen molar-refractivity contribution in [2.45, 2.75) is 19.4 Å². The van der Waals surface area contributed by atoms with Gasteiger partial charge in [-0.25, -0.2) is 0 Å². The number of aliphatic imine (C=N–C) groups is 1. The van der Waals surface area contributed by atoms with Gasteiger partial charge in [-0.05, 0) is 61.5 Å². The molecule has 2 nitrogen and oxygen atoms in total. The molecule has 0 fully saturated rings. The van der Waals surface area contributed by atoms with Crippen molar-refractivity contribution >= 4 is 43.3 Å². The predicted octanol–water partition coefficient (Wildman–Crippen LogP) is 4.88. The van der Waals surface area contributed by atoms with Crippen LogP contribution in [-0.4, -0.2) is 10.8 Å². The van der Waals surface area contributed by atoms with Gasteiger partial charge in [0.1, 0.15) is 6.10 Å². The van der Waals surface area contributed by atoms with Crippen LogP contribution in [0.5, 0.6) is 0 Å². The van der Waals surface area contributed by atoms with Crippen molar-refractivity contribution in [2.75, 3.05) is 0 Å². The topological polar surface area (TPSA) is 32.6 Å². The molecule has 1 unspecified atom stereocenters. The third-order valence-corrected chi connectivity index (χ3v) is 5.95. The number of hydrogen-bond acceptors (Lipinski definition) is 2. The molecule has 1 aliphatic rings. The Morgan fingerprint density at radius 2 is 1.85 bits per heavy atom. The van der Waals surface area contributed by atoms with Crippen molar-refractivity contribution in [3.8, 4) is 0 Å². The van der Waals surface area contributed by atoms with E-state index in [1.807, 2.05) is 37.3 Å². The fourth-order valence-electron chi connectivity index (χ4n) is 2.40. The van der Waals surface area contributed by atoms with E-state index < -0.39 is 6.10 Å². The molecule has 2 aromatic rings. The summed E-state index contributed by atoms with van der Waals surface area (Å²) < 4.78 is 2.09. The maximum absolute atomic E-state index is 10.5. The molecule has 4 heteroatoms. The Labute approximate surface area is 134 Å². The minimum Gasteiger partial charge on any atom is -0.382 e. The highest BCUT2D eigenvalue weighted by atomic mass is 79.9. The van der Waals surface area contributed by atoms with Crippen LogP contribution >= 0.6 is 31.9 Å². The maximum Gasteiger partial charge on any atom is 0.117 e. The summed E-state index contributed by atoms with van der Waals surface area (Å²) in [5, 5.41) is 10.5. The second-order valence-electron chi connectivity index (χ2n) is 4.91. The molecular formula is C16H13Br2NO. The summed E-state index contributed by atoms with van der Waals surface area (Å²) in [4.78, 5) is 4.61. The first-order valence-corrected chi connectivity index (χ1v) is 7.94. The zero-order valence-corrected chi connectivity index (χ0v) is 14.1. The minimum atomic E-state index is -0.644. The maximum atomic E-state index is 10.5. The molecule has 0 aliphatic carbocycles. The Morgan fingerprint density at radius 1 is 1.15 bits per heavy atom. The van der Waals surface area contributed by atoms with Crippen molar-refractivity contribution in [1.29, 1.82) is 0 Å². The Hall–Kier alpha value is -0.970. The lowest BCUT2D eigenvalue weighted by Crippen LogP contribution is -2.12. The SMILES string of the molecule is Cc1cc2c(c(Br)c1Br)CC(C(O)c1ccccc1)=N2. The van der Waals surface area contributed by atoms with Crippen LogP contribution < -0.4 is 0 Å². The Kier molecular flexibility index (Phi) is 3.80. The van der Waals surface area contributed by atoms with Crippen LogP contribution in [-0.2, 0) is 6.42 Å². The normalized spacial score (nSPS) is 14.9. The number of aliphatic hydroxyl groups is 1. The number of nitrogens with zero attached hydrogens (tertiary/aromatic N) is 1. The third-order valence-electron chi connectivity index (χ3n) is 3.52. The number of fused-ring (bicyclic) bond motifs is 1. The summed E-state index contributed by atoms with van der Waals surface area (Å²) in [7, 11) is 0. The Balaban J connectivity index is 1.97. The predicted molar refractivity (Wildman–Crippen MR) is 88.8 cm³/mol. The molecular weight excluding hydrogens is 382 g/mol. The van der Waals surface area contributed by atoms with Gasteiger partial charge in [-0.1, -0.05) is 30.3 Å². The fourth-order valence-corrected chi connectivity index (χ4v) is 3.41. The Bertz CT molecular complexity index is 695. The smallest absolute Gasteiger partial charge is 0.117 e. The molecule has 0 saturated heterocycles. The lowest BCUT2D eigenvalue weighted by molar-refractivity contribution is 0.246.